The smallest absolute Gasteiger partial charge is 0.227 e. The van der Waals surface area contributed by atoms with Crippen LogP contribution in [-0.2, 0) is 35.6 Å². The molecule has 22 heavy (non-hydrogen) atoms. The molecule has 0 saturated carbocycles. The molecule has 5 nitrogen and oxygen atoms in total. The Morgan fingerprint density at radius 1 is 1.41 bits per heavy atom. The summed E-state index contributed by atoms with van der Waals surface area (Å²) in [7, 11) is 1.63. The fraction of sp³-hybridized carbons (Fsp3) is 0.375. The number of hydrogen-bond acceptors (Lipinski definition) is 3. The Morgan fingerprint density at radius 3 is 3.05 bits per heavy atom. The number of rotatable bonds is 4. The summed E-state index contributed by atoms with van der Waals surface area (Å²) < 4.78 is 20.4. The van der Waals surface area contributed by atoms with Crippen LogP contribution in [0.5, 0.6) is 0 Å². The zero-order chi connectivity index (χ0) is 15.5. The second-order valence-corrected chi connectivity index (χ2v) is 5.39. The topological polar surface area (TPSA) is 47.4 Å². The van der Waals surface area contributed by atoms with Crippen LogP contribution < -0.4 is 0 Å². The van der Waals surface area contributed by atoms with E-state index in [1.165, 1.54) is 12.1 Å². The molecule has 2 aromatic rings. The first-order valence-electron chi connectivity index (χ1n) is 7.21. The quantitative estimate of drug-likeness (QED) is 0.864. The molecule has 0 unspecified atom stereocenters. The molecule has 0 radical (unpaired) electrons. The molecule has 0 atom stereocenters. The normalized spacial score (nSPS) is 14.0. The van der Waals surface area contributed by atoms with Crippen LogP contribution in [0.1, 0.15) is 17.0 Å². The first kappa shape index (κ1) is 14.7. The molecule has 2 heterocycles. The Bertz CT molecular complexity index is 684. The van der Waals surface area contributed by atoms with Gasteiger partial charge in [0.05, 0.1) is 37.3 Å². The number of ether oxygens (including phenoxy) is 1. The van der Waals surface area contributed by atoms with Crippen LogP contribution in [0.25, 0.3) is 0 Å². The van der Waals surface area contributed by atoms with Crippen LogP contribution in [-0.4, -0.2) is 34.0 Å². The van der Waals surface area contributed by atoms with Crippen LogP contribution >= 0.6 is 0 Å². The van der Waals surface area contributed by atoms with Crippen LogP contribution in [0, 0.1) is 5.82 Å². The van der Waals surface area contributed by atoms with E-state index < -0.39 is 0 Å². The fourth-order valence-electron chi connectivity index (χ4n) is 2.72. The standard InChI is InChI=1S/C16H18FN3O2/c1-22-10-14-15-9-19(5-6-20(15)11-18-14)16(21)8-12-3-2-4-13(17)7-12/h2-4,7,11H,5-6,8-10H2,1H3. The molecule has 0 N–H and O–H groups in total. The summed E-state index contributed by atoms with van der Waals surface area (Å²) in [5, 5.41) is 0. The third kappa shape index (κ3) is 3.01. The van der Waals surface area contributed by atoms with Crippen molar-refractivity contribution in [3.05, 3.63) is 53.4 Å². The van der Waals surface area contributed by atoms with Gasteiger partial charge in [0.25, 0.3) is 0 Å². The molecule has 0 bridgehead atoms. The molecule has 116 valence electrons. The van der Waals surface area contributed by atoms with Gasteiger partial charge in [-0.25, -0.2) is 9.37 Å². The van der Waals surface area contributed by atoms with Crippen LogP contribution in [0.15, 0.2) is 30.6 Å². The number of nitrogens with zero attached hydrogens (tertiary/aromatic N) is 3. The van der Waals surface area contributed by atoms with Gasteiger partial charge in [-0.2, -0.15) is 0 Å². The van der Waals surface area contributed by atoms with Crippen molar-refractivity contribution in [1.29, 1.82) is 0 Å². The van der Waals surface area contributed by atoms with Gasteiger partial charge in [0.2, 0.25) is 5.91 Å². The molecule has 1 aromatic heterocycles. The number of benzene rings is 1. The molecule has 0 fully saturated rings. The molecule has 3 rings (SSSR count). The molecule has 1 aliphatic heterocycles. The highest BCUT2D eigenvalue weighted by Crippen LogP contribution is 2.18. The summed E-state index contributed by atoms with van der Waals surface area (Å²) >= 11 is 0. The van der Waals surface area contributed by atoms with E-state index in [1.54, 1.807) is 30.5 Å². The van der Waals surface area contributed by atoms with E-state index in [-0.39, 0.29) is 18.1 Å². The van der Waals surface area contributed by atoms with Gasteiger partial charge in [-0.3, -0.25) is 4.79 Å². The number of carbonyl (C=O) groups is 1. The van der Waals surface area contributed by atoms with Crippen LogP contribution in [0.4, 0.5) is 4.39 Å². The monoisotopic (exact) mass is 303 g/mol. The van der Waals surface area contributed by atoms with E-state index in [9.17, 15) is 9.18 Å². The third-order valence-electron chi connectivity index (χ3n) is 3.86. The van der Waals surface area contributed by atoms with Gasteiger partial charge in [-0.15, -0.1) is 0 Å². The van der Waals surface area contributed by atoms with Gasteiger partial charge in [0, 0.05) is 20.2 Å². The van der Waals surface area contributed by atoms with Crippen LogP contribution in [0.2, 0.25) is 0 Å². The van der Waals surface area contributed by atoms with Gasteiger partial charge < -0.3 is 14.2 Å². The number of imidazole rings is 1. The lowest BCUT2D eigenvalue weighted by Gasteiger charge is -2.29. The van der Waals surface area contributed by atoms with Gasteiger partial charge >= 0.3 is 0 Å². The molecule has 0 saturated heterocycles. The second-order valence-electron chi connectivity index (χ2n) is 5.39. The lowest BCUT2D eigenvalue weighted by molar-refractivity contribution is -0.131. The number of hydrogen-bond donors (Lipinski definition) is 0. The van der Waals surface area contributed by atoms with E-state index in [4.69, 9.17) is 4.74 Å². The lowest BCUT2D eigenvalue weighted by atomic mass is 10.1. The highest BCUT2D eigenvalue weighted by molar-refractivity contribution is 5.78. The van der Waals surface area contributed by atoms with Crippen molar-refractivity contribution >= 4 is 5.91 Å². The first-order valence-corrected chi connectivity index (χ1v) is 7.21. The number of carbonyl (C=O) groups excluding carboxylic acids is 1. The van der Waals surface area contributed by atoms with Crippen molar-refractivity contribution in [2.75, 3.05) is 13.7 Å². The van der Waals surface area contributed by atoms with Crippen molar-refractivity contribution in [2.45, 2.75) is 26.1 Å². The highest BCUT2D eigenvalue weighted by Gasteiger charge is 2.23. The number of aromatic nitrogens is 2. The fourth-order valence-corrected chi connectivity index (χ4v) is 2.72. The van der Waals surface area contributed by atoms with E-state index in [1.807, 2.05) is 0 Å². The number of methoxy groups -OCH3 is 1. The zero-order valence-electron chi connectivity index (χ0n) is 12.5. The minimum Gasteiger partial charge on any atom is -0.378 e. The maximum atomic E-state index is 13.2. The Morgan fingerprint density at radius 2 is 2.27 bits per heavy atom. The van der Waals surface area contributed by atoms with Crippen LogP contribution in [0.3, 0.4) is 0 Å². The van der Waals surface area contributed by atoms with Crippen molar-refractivity contribution in [2.24, 2.45) is 0 Å². The minimum absolute atomic E-state index is 0.00131. The minimum atomic E-state index is -0.315. The molecule has 1 aliphatic rings. The van der Waals surface area contributed by atoms with Crippen molar-refractivity contribution < 1.29 is 13.9 Å². The summed E-state index contributed by atoms with van der Waals surface area (Å²) in [6.07, 6.45) is 2.00. The summed E-state index contributed by atoms with van der Waals surface area (Å²) in [6, 6.07) is 6.18. The van der Waals surface area contributed by atoms with Crippen molar-refractivity contribution in [3.63, 3.8) is 0 Å². The Hall–Kier alpha value is -2.21. The summed E-state index contributed by atoms with van der Waals surface area (Å²) in [4.78, 5) is 18.5. The van der Waals surface area contributed by atoms with Gasteiger partial charge in [-0.05, 0) is 17.7 Å². The average Bonchev–Trinajstić information content (AvgIpc) is 2.90. The second kappa shape index (κ2) is 6.27. The summed E-state index contributed by atoms with van der Waals surface area (Å²) in [5.41, 5.74) is 2.58. The predicted molar refractivity (Wildman–Crippen MR) is 78.5 cm³/mol. The zero-order valence-corrected chi connectivity index (χ0v) is 12.5. The average molecular weight is 303 g/mol. The molecular formula is C16H18FN3O2. The molecule has 6 heteroatoms. The number of fused-ring (bicyclic) bond motifs is 1. The SMILES string of the molecule is COCc1ncn2c1CN(C(=O)Cc1cccc(F)c1)CC2. The molecule has 0 spiro atoms. The number of halogens is 1. The first-order chi connectivity index (χ1) is 10.7. The maximum Gasteiger partial charge on any atom is 0.227 e. The predicted octanol–water partition coefficient (Wildman–Crippen LogP) is 1.75. The highest BCUT2D eigenvalue weighted by atomic mass is 19.1. The van der Waals surface area contributed by atoms with E-state index in [2.05, 4.69) is 9.55 Å². The summed E-state index contributed by atoms with van der Waals surface area (Å²) in [5.74, 6) is -0.314. The van der Waals surface area contributed by atoms with Gasteiger partial charge in [0.1, 0.15) is 5.82 Å². The Kier molecular flexibility index (Phi) is 4.20. The Balaban J connectivity index is 1.71. The molecule has 1 amide bonds. The van der Waals surface area contributed by atoms with E-state index in [0.717, 1.165) is 17.9 Å². The number of amides is 1. The van der Waals surface area contributed by atoms with Crippen molar-refractivity contribution in [1.82, 2.24) is 14.5 Å². The largest absolute Gasteiger partial charge is 0.378 e. The molecule has 1 aromatic carbocycles. The Labute approximate surface area is 128 Å². The lowest BCUT2D eigenvalue weighted by Crippen LogP contribution is -2.39. The third-order valence-corrected chi connectivity index (χ3v) is 3.86. The summed E-state index contributed by atoms with van der Waals surface area (Å²) in [6.45, 7) is 2.33. The van der Waals surface area contributed by atoms with Gasteiger partial charge in [-0.1, -0.05) is 12.1 Å². The van der Waals surface area contributed by atoms with E-state index in [0.29, 0.717) is 25.3 Å². The molecular weight excluding hydrogens is 285 g/mol. The van der Waals surface area contributed by atoms with E-state index >= 15 is 0 Å². The molecule has 0 aliphatic carbocycles. The van der Waals surface area contributed by atoms with Crippen molar-refractivity contribution in [3.8, 4) is 0 Å². The van der Waals surface area contributed by atoms with Gasteiger partial charge in [0.15, 0.2) is 0 Å². The maximum absolute atomic E-state index is 13.2.